The smallest absolute Gasteiger partial charge is 0.225 e. The fraction of sp³-hybridized carbons (Fsp3) is 0.600. The lowest BCUT2D eigenvalue weighted by Gasteiger charge is -2.17. The third kappa shape index (κ3) is 3.20. The fourth-order valence-electron chi connectivity index (χ4n) is 2.29. The summed E-state index contributed by atoms with van der Waals surface area (Å²) >= 11 is 1.76. The average molecular weight is 292 g/mol. The predicted octanol–water partition coefficient (Wildman–Crippen LogP) is 4.29. The van der Waals surface area contributed by atoms with Crippen molar-refractivity contribution in [3.8, 4) is 0 Å². The average Bonchev–Trinajstić information content (AvgIpc) is 2.89. The van der Waals surface area contributed by atoms with Gasteiger partial charge in [-0.05, 0) is 25.3 Å². The van der Waals surface area contributed by atoms with Crippen LogP contribution in [0.5, 0.6) is 0 Å². The van der Waals surface area contributed by atoms with E-state index in [1.807, 2.05) is 7.05 Å². The molecule has 0 aliphatic rings. The van der Waals surface area contributed by atoms with Gasteiger partial charge in [0.25, 0.3) is 0 Å². The van der Waals surface area contributed by atoms with Crippen molar-refractivity contribution in [3.63, 3.8) is 0 Å². The molecule has 20 heavy (non-hydrogen) atoms. The minimum absolute atomic E-state index is 0.479. The SMILES string of the molecule is CCCC(CC)Nc1nc(NC)nc2sc(CC)cc12. The number of nitrogens with zero attached hydrogens (tertiary/aromatic N) is 2. The standard InChI is InChI=1S/C15H24N4S/c1-5-8-10(6-2)17-13-12-9-11(7-3)20-14(12)19-15(16-4)18-13/h9-10H,5-8H2,1-4H3,(H2,16,17,18,19). The Morgan fingerprint density at radius 1 is 1.25 bits per heavy atom. The second-order valence-corrected chi connectivity index (χ2v) is 6.08. The van der Waals surface area contributed by atoms with E-state index in [-0.39, 0.29) is 0 Å². The molecule has 2 heterocycles. The van der Waals surface area contributed by atoms with Gasteiger partial charge < -0.3 is 10.6 Å². The van der Waals surface area contributed by atoms with E-state index < -0.39 is 0 Å². The van der Waals surface area contributed by atoms with Crippen LogP contribution in [-0.4, -0.2) is 23.1 Å². The van der Waals surface area contributed by atoms with Crippen molar-refractivity contribution in [3.05, 3.63) is 10.9 Å². The zero-order valence-corrected chi connectivity index (χ0v) is 13.6. The highest BCUT2D eigenvalue weighted by Crippen LogP contribution is 2.31. The lowest BCUT2D eigenvalue weighted by atomic mass is 10.1. The van der Waals surface area contributed by atoms with E-state index in [0.29, 0.717) is 12.0 Å². The number of rotatable bonds is 7. The molecule has 0 spiro atoms. The molecule has 0 aliphatic heterocycles. The van der Waals surface area contributed by atoms with Gasteiger partial charge in [-0.15, -0.1) is 11.3 Å². The normalized spacial score (nSPS) is 12.6. The Bertz CT molecular complexity index is 564. The van der Waals surface area contributed by atoms with E-state index in [1.165, 1.54) is 17.7 Å². The molecule has 2 N–H and O–H groups in total. The van der Waals surface area contributed by atoms with Crippen molar-refractivity contribution in [2.45, 2.75) is 52.5 Å². The van der Waals surface area contributed by atoms with Crippen molar-refractivity contribution in [1.29, 1.82) is 0 Å². The number of aromatic nitrogens is 2. The molecule has 0 amide bonds. The van der Waals surface area contributed by atoms with E-state index in [1.54, 1.807) is 11.3 Å². The monoisotopic (exact) mass is 292 g/mol. The number of hydrogen-bond acceptors (Lipinski definition) is 5. The van der Waals surface area contributed by atoms with Crippen molar-refractivity contribution in [2.75, 3.05) is 17.7 Å². The summed E-state index contributed by atoms with van der Waals surface area (Å²) < 4.78 is 0. The van der Waals surface area contributed by atoms with Crippen molar-refractivity contribution < 1.29 is 0 Å². The van der Waals surface area contributed by atoms with E-state index in [9.17, 15) is 0 Å². The molecule has 0 saturated heterocycles. The van der Waals surface area contributed by atoms with Crippen LogP contribution in [0.15, 0.2) is 6.07 Å². The Balaban J connectivity index is 2.40. The van der Waals surface area contributed by atoms with Gasteiger partial charge >= 0.3 is 0 Å². The maximum Gasteiger partial charge on any atom is 0.225 e. The predicted molar refractivity (Wildman–Crippen MR) is 88.9 cm³/mol. The van der Waals surface area contributed by atoms with Gasteiger partial charge in [0.1, 0.15) is 10.6 Å². The zero-order chi connectivity index (χ0) is 14.5. The van der Waals surface area contributed by atoms with Crippen LogP contribution in [0.2, 0.25) is 0 Å². The van der Waals surface area contributed by atoms with Gasteiger partial charge in [-0.1, -0.05) is 27.2 Å². The van der Waals surface area contributed by atoms with Crippen LogP contribution in [0, 0.1) is 0 Å². The van der Waals surface area contributed by atoms with Gasteiger partial charge in [-0.3, -0.25) is 0 Å². The maximum absolute atomic E-state index is 4.61. The number of aryl methyl sites for hydroxylation is 1. The summed E-state index contributed by atoms with van der Waals surface area (Å²) in [7, 11) is 1.86. The first-order chi connectivity index (χ1) is 9.71. The number of nitrogens with one attached hydrogen (secondary N) is 2. The number of anilines is 2. The first kappa shape index (κ1) is 15.0. The first-order valence-electron chi connectivity index (χ1n) is 7.46. The summed E-state index contributed by atoms with van der Waals surface area (Å²) in [4.78, 5) is 11.6. The Labute approximate surface area is 125 Å². The molecule has 1 atom stereocenters. The third-order valence-electron chi connectivity index (χ3n) is 3.49. The van der Waals surface area contributed by atoms with Crippen LogP contribution in [-0.2, 0) is 6.42 Å². The maximum atomic E-state index is 4.61. The van der Waals surface area contributed by atoms with E-state index in [2.05, 4.69) is 47.4 Å². The van der Waals surface area contributed by atoms with E-state index in [0.717, 1.165) is 28.9 Å². The highest BCUT2D eigenvalue weighted by Gasteiger charge is 2.13. The van der Waals surface area contributed by atoms with Gasteiger partial charge in [0.05, 0.1) is 5.39 Å². The molecule has 0 bridgehead atoms. The van der Waals surface area contributed by atoms with Crippen LogP contribution in [0.25, 0.3) is 10.2 Å². The van der Waals surface area contributed by atoms with Crippen LogP contribution < -0.4 is 10.6 Å². The van der Waals surface area contributed by atoms with Gasteiger partial charge in [0.15, 0.2) is 0 Å². The Morgan fingerprint density at radius 2 is 2.05 bits per heavy atom. The van der Waals surface area contributed by atoms with Crippen LogP contribution >= 0.6 is 11.3 Å². The quantitative estimate of drug-likeness (QED) is 0.799. The lowest BCUT2D eigenvalue weighted by Crippen LogP contribution is -2.19. The van der Waals surface area contributed by atoms with Gasteiger partial charge in [0.2, 0.25) is 5.95 Å². The van der Waals surface area contributed by atoms with Crippen LogP contribution in [0.1, 0.15) is 44.9 Å². The van der Waals surface area contributed by atoms with Crippen LogP contribution in [0.3, 0.4) is 0 Å². The summed E-state index contributed by atoms with van der Waals surface area (Å²) in [6.45, 7) is 6.62. The third-order valence-corrected chi connectivity index (χ3v) is 4.66. The topological polar surface area (TPSA) is 49.8 Å². The Hall–Kier alpha value is -1.36. The van der Waals surface area contributed by atoms with E-state index in [4.69, 9.17) is 0 Å². The minimum atomic E-state index is 0.479. The molecule has 0 radical (unpaired) electrons. The molecule has 0 aliphatic carbocycles. The molecule has 1 unspecified atom stereocenters. The number of thiophene rings is 1. The number of fused-ring (bicyclic) bond motifs is 1. The summed E-state index contributed by atoms with van der Waals surface area (Å²) in [6, 6.07) is 2.70. The summed E-state index contributed by atoms with van der Waals surface area (Å²) in [5, 5.41) is 7.81. The Kier molecular flexibility index (Phi) is 5.17. The first-order valence-corrected chi connectivity index (χ1v) is 8.28. The highest BCUT2D eigenvalue weighted by molar-refractivity contribution is 7.18. The van der Waals surface area contributed by atoms with Gasteiger partial charge in [-0.2, -0.15) is 4.98 Å². The second-order valence-electron chi connectivity index (χ2n) is 4.97. The molecular weight excluding hydrogens is 268 g/mol. The molecule has 2 aromatic rings. The highest BCUT2D eigenvalue weighted by atomic mass is 32.1. The molecule has 2 aromatic heterocycles. The molecule has 0 fully saturated rings. The minimum Gasteiger partial charge on any atom is -0.367 e. The summed E-state index contributed by atoms with van der Waals surface area (Å²) in [5.41, 5.74) is 0. The van der Waals surface area contributed by atoms with Gasteiger partial charge in [-0.25, -0.2) is 4.98 Å². The Morgan fingerprint density at radius 3 is 2.65 bits per heavy atom. The fourth-order valence-corrected chi connectivity index (χ4v) is 3.25. The summed E-state index contributed by atoms with van der Waals surface area (Å²) in [5.74, 6) is 1.66. The molecule has 0 aromatic carbocycles. The molecule has 110 valence electrons. The molecule has 2 rings (SSSR count). The zero-order valence-electron chi connectivity index (χ0n) is 12.8. The van der Waals surface area contributed by atoms with Crippen molar-refractivity contribution >= 4 is 33.3 Å². The van der Waals surface area contributed by atoms with E-state index >= 15 is 0 Å². The molecule has 4 nitrogen and oxygen atoms in total. The second kappa shape index (κ2) is 6.88. The van der Waals surface area contributed by atoms with Crippen molar-refractivity contribution in [2.24, 2.45) is 0 Å². The van der Waals surface area contributed by atoms with Gasteiger partial charge in [0, 0.05) is 18.0 Å². The lowest BCUT2D eigenvalue weighted by molar-refractivity contribution is 0.621. The summed E-state index contributed by atoms with van der Waals surface area (Å²) in [6.07, 6.45) is 4.50. The molecular formula is C15H24N4S. The van der Waals surface area contributed by atoms with Crippen molar-refractivity contribution in [1.82, 2.24) is 9.97 Å². The largest absolute Gasteiger partial charge is 0.367 e. The number of hydrogen-bond donors (Lipinski definition) is 2. The van der Waals surface area contributed by atoms with Crippen LogP contribution in [0.4, 0.5) is 11.8 Å². The molecule has 5 heteroatoms. The molecule has 0 saturated carbocycles.